The van der Waals surface area contributed by atoms with Crippen LogP contribution >= 0.6 is 27.3 Å². The van der Waals surface area contributed by atoms with Crippen LogP contribution in [0.1, 0.15) is 21.6 Å². The van der Waals surface area contributed by atoms with Crippen molar-refractivity contribution in [2.24, 2.45) is 0 Å². The van der Waals surface area contributed by atoms with Crippen LogP contribution < -0.4 is 5.32 Å². The SMILES string of the molecule is Cc1ccc(C(=O)NCCc2cscn2)c(Br)c1. The van der Waals surface area contributed by atoms with Gasteiger partial charge in [-0.3, -0.25) is 4.79 Å². The van der Waals surface area contributed by atoms with Crippen LogP contribution in [0.4, 0.5) is 0 Å². The van der Waals surface area contributed by atoms with E-state index in [1.807, 2.05) is 30.5 Å². The topological polar surface area (TPSA) is 42.0 Å². The molecule has 1 amide bonds. The van der Waals surface area contributed by atoms with Gasteiger partial charge in [-0.1, -0.05) is 6.07 Å². The maximum absolute atomic E-state index is 11.9. The Morgan fingerprint density at radius 2 is 2.33 bits per heavy atom. The lowest BCUT2D eigenvalue weighted by Gasteiger charge is -2.06. The van der Waals surface area contributed by atoms with E-state index in [2.05, 4.69) is 26.2 Å². The third-order valence-electron chi connectivity index (χ3n) is 2.52. The van der Waals surface area contributed by atoms with Crippen molar-refractivity contribution in [2.45, 2.75) is 13.3 Å². The van der Waals surface area contributed by atoms with E-state index >= 15 is 0 Å². The Morgan fingerprint density at radius 1 is 1.50 bits per heavy atom. The largest absolute Gasteiger partial charge is 0.352 e. The van der Waals surface area contributed by atoms with Crippen LogP contribution in [0.25, 0.3) is 0 Å². The highest BCUT2D eigenvalue weighted by Gasteiger charge is 2.09. The first-order valence-electron chi connectivity index (χ1n) is 5.58. The average Bonchev–Trinajstić information content (AvgIpc) is 2.81. The first kappa shape index (κ1) is 13.2. The van der Waals surface area contributed by atoms with Crippen LogP contribution in [0.15, 0.2) is 33.6 Å². The lowest BCUT2D eigenvalue weighted by molar-refractivity contribution is 0.0953. The highest BCUT2D eigenvalue weighted by molar-refractivity contribution is 9.10. The Bertz CT molecular complexity index is 540. The lowest BCUT2D eigenvalue weighted by atomic mass is 10.1. The Labute approximate surface area is 118 Å². The van der Waals surface area contributed by atoms with Crippen molar-refractivity contribution in [3.05, 3.63) is 50.4 Å². The van der Waals surface area contributed by atoms with Crippen LogP contribution in [0.3, 0.4) is 0 Å². The number of thiazole rings is 1. The average molecular weight is 325 g/mol. The standard InChI is InChI=1S/C13H13BrN2OS/c1-9-2-3-11(12(14)6-9)13(17)15-5-4-10-7-18-8-16-10/h2-3,6-8H,4-5H2,1H3,(H,15,17). The second kappa shape index (κ2) is 6.11. The van der Waals surface area contributed by atoms with Gasteiger partial charge in [0, 0.05) is 22.8 Å². The quantitative estimate of drug-likeness (QED) is 0.938. The second-order valence-corrected chi connectivity index (χ2v) is 5.54. The van der Waals surface area contributed by atoms with Crippen molar-refractivity contribution in [1.29, 1.82) is 0 Å². The molecule has 0 bridgehead atoms. The normalized spacial score (nSPS) is 10.3. The number of nitrogens with one attached hydrogen (secondary N) is 1. The summed E-state index contributed by atoms with van der Waals surface area (Å²) in [7, 11) is 0. The molecule has 0 radical (unpaired) electrons. The maximum Gasteiger partial charge on any atom is 0.252 e. The molecule has 0 unspecified atom stereocenters. The van der Waals surface area contributed by atoms with Crippen molar-refractivity contribution in [3.8, 4) is 0 Å². The number of aromatic nitrogens is 1. The van der Waals surface area contributed by atoms with Gasteiger partial charge in [-0.05, 0) is 40.5 Å². The first-order chi connectivity index (χ1) is 8.66. The highest BCUT2D eigenvalue weighted by atomic mass is 79.9. The fraction of sp³-hybridized carbons (Fsp3) is 0.231. The minimum Gasteiger partial charge on any atom is -0.352 e. The molecular formula is C13H13BrN2OS. The zero-order valence-corrected chi connectivity index (χ0v) is 12.3. The summed E-state index contributed by atoms with van der Waals surface area (Å²) in [6, 6.07) is 5.70. The molecule has 0 saturated heterocycles. The number of amides is 1. The summed E-state index contributed by atoms with van der Waals surface area (Å²) in [5.74, 6) is -0.0582. The zero-order chi connectivity index (χ0) is 13.0. The van der Waals surface area contributed by atoms with Gasteiger partial charge in [-0.2, -0.15) is 0 Å². The van der Waals surface area contributed by atoms with Crippen molar-refractivity contribution in [3.63, 3.8) is 0 Å². The van der Waals surface area contributed by atoms with Gasteiger partial charge in [0.05, 0.1) is 16.8 Å². The van der Waals surface area contributed by atoms with Crippen LogP contribution in [0.5, 0.6) is 0 Å². The predicted molar refractivity (Wildman–Crippen MR) is 77.0 cm³/mol. The third-order valence-corrected chi connectivity index (χ3v) is 3.81. The van der Waals surface area contributed by atoms with E-state index in [1.54, 1.807) is 16.8 Å². The van der Waals surface area contributed by atoms with Gasteiger partial charge >= 0.3 is 0 Å². The summed E-state index contributed by atoms with van der Waals surface area (Å²) < 4.78 is 0.827. The van der Waals surface area contributed by atoms with Gasteiger partial charge in [-0.15, -0.1) is 11.3 Å². The van der Waals surface area contributed by atoms with Gasteiger partial charge < -0.3 is 5.32 Å². The Hall–Kier alpha value is -1.20. The lowest BCUT2D eigenvalue weighted by Crippen LogP contribution is -2.26. The summed E-state index contributed by atoms with van der Waals surface area (Å²) in [4.78, 5) is 16.1. The Morgan fingerprint density at radius 3 is 3.00 bits per heavy atom. The number of rotatable bonds is 4. The number of hydrogen-bond donors (Lipinski definition) is 1. The maximum atomic E-state index is 11.9. The molecule has 0 atom stereocenters. The van der Waals surface area contributed by atoms with E-state index < -0.39 is 0 Å². The summed E-state index contributed by atoms with van der Waals surface area (Å²) in [6.07, 6.45) is 0.763. The summed E-state index contributed by atoms with van der Waals surface area (Å²) in [6.45, 7) is 2.59. The molecule has 0 aliphatic carbocycles. The van der Waals surface area contributed by atoms with Gasteiger partial charge in [0.1, 0.15) is 0 Å². The number of benzene rings is 1. The van der Waals surface area contributed by atoms with Crippen LogP contribution in [-0.2, 0) is 6.42 Å². The van der Waals surface area contributed by atoms with Crippen molar-refractivity contribution < 1.29 is 4.79 Å². The fourth-order valence-electron chi connectivity index (χ4n) is 1.56. The molecule has 18 heavy (non-hydrogen) atoms. The molecule has 1 aromatic heterocycles. The van der Waals surface area contributed by atoms with Crippen molar-refractivity contribution >= 4 is 33.2 Å². The number of hydrogen-bond acceptors (Lipinski definition) is 3. The number of halogens is 1. The van der Waals surface area contributed by atoms with Crippen molar-refractivity contribution in [1.82, 2.24) is 10.3 Å². The first-order valence-corrected chi connectivity index (χ1v) is 7.32. The van der Waals surface area contributed by atoms with E-state index in [0.29, 0.717) is 12.1 Å². The molecule has 0 fully saturated rings. The molecule has 1 N–H and O–H groups in total. The van der Waals surface area contributed by atoms with Gasteiger partial charge in [0.15, 0.2) is 0 Å². The molecule has 5 heteroatoms. The van der Waals surface area contributed by atoms with Gasteiger partial charge in [0.2, 0.25) is 0 Å². The molecule has 3 nitrogen and oxygen atoms in total. The van der Waals surface area contributed by atoms with Crippen LogP contribution in [0, 0.1) is 6.92 Å². The van der Waals surface area contributed by atoms with Gasteiger partial charge in [-0.25, -0.2) is 4.98 Å². The smallest absolute Gasteiger partial charge is 0.252 e. The third kappa shape index (κ3) is 3.40. The van der Waals surface area contributed by atoms with Crippen molar-refractivity contribution in [2.75, 3.05) is 6.54 Å². The molecule has 0 aliphatic rings. The molecule has 1 heterocycles. The monoisotopic (exact) mass is 324 g/mol. The van der Waals surface area contributed by atoms with E-state index in [4.69, 9.17) is 0 Å². The molecule has 0 saturated carbocycles. The number of aryl methyl sites for hydroxylation is 1. The van der Waals surface area contributed by atoms with Crippen LogP contribution in [-0.4, -0.2) is 17.4 Å². The molecule has 2 aromatic rings. The van der Waals surface area contributed by atoms with Crippen LogP contribution in [0.2, 0.25) is 0 Å². The number of carbonyl (C=O) groups excluding carboxylic acids is 1. The summed E-state index contributed by atoms with van der Waals surface area (Å²) >= 11 is 4.97. The molecule has 1 aromatic carbocycles. The number of nitrogens with zero attached hydrogens (tertiary/aromatic N) is 1. The zero-order valence-electron chi connectivity index (χ0n) is 9.94. The predicted octanol–water partition coefficient (Wildman–Crippen LogP) is 3.19. The molecular weight excluding hydrogens is 312 g/mol. The molecule has 0 spiro atoms. The Balaban J connectivity index is 1.91. The highest BCUT2D eigenvalue weighted by Crippen LogP contribution is 2.18. The Kier molecular flexibility index (Phi) is 4.49. The molecule has 0 aliphatic heterocycles. The number of carbonyl (C=O) groups is 1. The van der Waals surface area contributed by atoms with Gasteiger partial charge in [0.25, 0.3) is 5.91 Å². The van der Waals surface area contributed by atoms with E-state index in [0.717, 1.165) is 22.2 Å². The molecule has 94 valence electrons. The summed E-state index contributed by atoms with van der Waals surface area (Å²) in [5.41, 5.74) is 4.61. The molecule has 2 rings (SSSR count). The minimum atomic E-state index is -0.0582. The summed E-state index contributed by atoms with van der Waals surface area (Å²) in [5, 5.41) is 4.89. The van der Waals surface area contributed by atoms with E-state index in [1.165, 1.54) is 0 Å². The van der Waals surface area contributed by atoms with E-state index in [-0.39, 0.29) is 5.91 Å². The second-order valence-electron chi connectivity index (χ2n) is 3.97. The minimum absolute atomic E-state index is 0.0582. The van der Waals surface area contributed by atoms with E-state index in [9.17, 15) is 4.79 Å². The fourth-order valence-corrected chi connectivity index (χ4v) is 2.83.